The van der Waals surface area contributed by atoms with Crippen molar-refractivity contribution >= 4 is 48.9 Å². The molecular weight excluding hydrogens is 486 g/mol. The van der Waals surface area contributed by atoms with E-state index >= 15 is 0 Å². The molecule has 0 saturated heterocycles. The lowest BCUT2D eigenvalue weighted by Gasteiger charge is -2.26. The van der Waals surface area contributed by atoms with Gasteiger partial charge in [0.1, 0.15) is 9.79 Å². The van der Waals surface area contributed by atoms with E-state index in [1.54, 1.807) is 0 Å². The Labute approximate surface area is 193 Å². The van der Waals surface area contributed by atoms with Crippen LogP contribution in [0.25, 0.3) is 11.1 Å². The number of carbonyl (C=O) groups is 2. The number of anilines is 3. The Balaban J connectivity index is 2.33. The van der Waals surface area contributed by atoms with Crippen molar-refractivity contribution in [2.45, 2.75) is 16.7 Å². The highest BCUT2D eigenvalue weighted by molar-refractivity contribution is 7.86. The molecule has 176 valence electrons. The van der Waals surface area contributed by atoms with Crippen LogP contribution in [0.15, 0.2) is 46.2 Å². The van der Waals surface area contributed by atoms with E-state index in [-0.39, 0.29) is 27.9 Å². The molecule has 0 spiro atoms. The van der Waals surface area contributed by atoms with Gasteiger partial charge in [0.25, 0.3) is 20.2 Å². The summed E-state index contributed by atoms with van der Waals surface area (Å²) in [5.74, 6) is -1.63. The number of fused-ring (bicyclic) bond motifs is 2. The van der Waals surface area contributed by atoms with Gasteiger partial charge in [0.2, 0.25) is 0 Å². The molecule has 0 bridgehead atoms. The lowest BCUT2D eigenvalue weighted by Crippen LogP contribution is -2.26. The quantitative estimate of drug-likeness (QED) is 0.200. The van der Waals surface area contributed by atoms with Crippen molar-refractivity contribution in [2.24, 2.45) is 0 Å². The molecular formula is C21H17N3O8S2. The SMILES string of the molecule is Cc1cc(N)cc(S(=O)(=O)O)c1-c1c(N)c(S(=O)(=O)O)c(N)c2c1C(=O)c1ccccc1C2=O. The van der Waals surface area contributed by atoms with Gasteiger partial charge >= 0.3 is 0 Å². The molecule has 0 saturated carbocycles. The van der Waals surface area contributed by atoms with Crippen molar-refractivity contribution in [2.75, 3.05) is 17.2 Å². The van der Waals surface area contributed by atoms with E-state index in [1.807, 2.05) is 0 Å². The second-order valence-corrected chi connectivity index (χ2v) is 10.4. The van der Waals surface area contributed by atoms with E-state index in [2.05, 4.69) is 0 Å². The zero-order valence-electron chi connectivity index (χ0n) is 17.4. The third kappa shape index (κ3) is 3.33. The minimum atomic E-state index is -5.17. The summed E-state index contributed by atoms with van der Waals surface area (Å²) in [5.41, 5.74) is 14.2. The summed E-state index contributed by atoms with van der Waals surface area (Å²) < 4.78 is 68.6. The fourth-order valence-electron chi connectivity index (χ4n) is 4.22. The van der Waals surface area contributed by atoms with Crippen LogP contribution < -0.4 is 17.2 Å². The largest absolute Gasteiger partial charge is 0.399 e. The van der Waals surface area contributed by atoms with Crippen LogP contribution in [0, 0.1) is 6.92 Å². The van der Waals surface area contributed by atoms with Gasteiger partial charge in [0, 0.05) is 33.5 Å². The van der Waals surface area contributed by atoms with Gasteiger partial charge in [0.05, 0.1) is 16.9 Å². The standard InChI is InChI=1S/C21H17N3O8S2/c1-8-6-9(22)7-12(33(27,28)29)13(8)14-15-16(18(24)21(17(14)23)34(30,31)32)20(26)11-5-3-2-4-10(11)19(15)25/h2-7H,22-24H2,1H3,(H,27,28,29)(H,30,31,32). The topological polar surface area (TPSA) is 221 Å². The average molecular weight is 504 g/mol. The first-order chi connectivity index (χ1) is 15.7. The number of nitrogen functional groups attached to an aromatic ring is 3. The number of ketones is 2. The van der Waals surface area contributed by atoms with Crippen LogP contribution in [0.3, 0.4) is 0 Å². The smallest absolute Gasteiger partial charge is 0.298 e. The molecule has 8 N–H and O–H groups in total. The Morgan fingerprint density at radius 3 is 1.71 bits per heavy atom. The zero-order chi connectivity index (χ0) is 25.3. The third-order valence-corrected chi connectivity index (χ3v) is 7.34. The second-order valence-electron chi connectivity index (χ2n) is 7.65. The summed E-state index contributed by atoms with van der Waals surface area (Å²) in [7, 11) is -10.2. The molecule has 11 nitrogen and oxygen atoms in total. The van der Waals surface area contributed by atoms with Crippen LogP contribution in [0.5, 0.6) is 0 Å². The number of rotatable bonds is 3. The molecule has 34 heavy (non-hydrogen) atoms. The minimum absolute atomic E-state index is 0.0545. The van der Waals surface area contributed by atoms with E-state index in [4.69, 9.17) is 17.2 Å². The van der Waals surface area contributed by atoms with Crippen LogP contribution in [-0.4, -0.2) is 37.5 Å². The summed E-state index contributed by atoms with van der Waals surface area (Å²) in [6, 6.07) is 7.84. The summed E-state index contributed by atoms with van der Waals surface area (Å²) >= 11 is 0. The number of aryl methyl sites for hydroxylation is 1. The molecule has 1 aliphatic rings. The van der Waals surface area contributed by atoms with E-state index in [1.165, 1.54) is 37.3 Å². The Morgan fingerprint density at radius 2 is 1.21 bits per heavy atom. The van der Waals surface area contributed by atoms with Gasteiger partial charge in [0.15, 0.2) is 11.6 Å². The van der Waals surface area contributed by atoms with Gasteiger partial charge in [-0.15, -0.1) is 0 Å². The fraction of sp³-hybridized carbons (Fsp3) is 0.0476. The molecule has 0 amide bonds. The Kier molecular flexibility index (Phi) is 5.06. The molecule has 3 aromatic carbocycles. The molecule has 0 radical (unpaired) electrons. The van der Waals surface area contributed by atoms with E-state index in [0.29, 0.717) is 0 Å². The summed E-state index contributed by atoms with van der Waals surface area (Å²) in [6.07, 6.45) is 0. The van der Waals surface area contributed by atoms with Crippen molar-refractivity contribution in [1.29, 1.82) is 0 Å². The molecule has 0 unspecified atom stereocenters. The monoisotopic (exact) mass is 503 g/mol. The predicted octanol–water partition coefficient (Wildman–Crippen LogP) is 1.68. The predicted molar refractivity (Wildman–Crippen MR) is 123 cm³/mol. The molecule has 0 atom stereocenters. The van der Waals surface area contributed by atoms with Gasteiger partial charge in [-0.3, -0.25) is 18.7 Å². The highest BCUT2D eigenvalue weighted by Crippen LogP contribution is 2.48. The lowest BCUT2D eigenvalue weighted by molar-refractivity contribution is 0.0980. The first-order valence-electron chi connectivity index (χ1n) is 9.45. The number of hydrogen-bond acceptors (Lipinski definition) is 9. The van der Waals surface area contributed by atoms with Gasteiger partial charge in [-0.05, 0) is 24.6 Å². The van der Waals surface area contributed by atoms with Crippen molar-refractivity contribution in [3.63, 3.8) is 0 Å². The first kappa shape index (κ1) is 23.4. The maximum Gasteiger partial charge on any atom is 0.298 e. The molecule has 4 rings (SSSR count). The van der Waals surface area contributed by atoms with Crippen molar-refractivity contribution in [3.05, 3.63) is 64.2 Å². The third-order valence-electron chi connectivity index (χ3n) is 5.51. The fourth-order valence-corrected chi connectivity index (χ4v) is 5.79. The number of hydrogen-bond donors (Lipinski definition) is 5. The first-order valence-corrected chi connectivity index (χ1v) is 12.3. The van der Waals surface area contributed by atoms with Crippen LogP contribution in [0.1, 0.15) is 37.4 Å². The van der Waals surface area contributed by atoms with Gasteiger partial charge in [-0.2, -0.15) is 16.8 Å². The average Bonchev–Trinajstić information content (AvgIpc) is 2.70. The number of benzene rings is 3. The summed E-state index contributed by atoms with van der Waals surface area (Å²) in [6.45, 7) is 1.37. The highest BCUT2D eigenvalue weighted by atomic mass is 32.2. The van der Waals surface area contributed by atoms with Gasteiger partial charge in [-0.1, -0.05) is 24.3 Å². The normalized spacial score (nSPS) is 13.5. The van der Waals surface area contributed by atoms with Crippen molar-refractivity contribution < 1.29 is 35.5 Å². The number of carbonyl (C=O) groups excluding carboxylic acids is 2. The second kappa shape index (κ2) is 7.36. The van der Waals surface area contributed by atoms with Crippen molar-refractivity contribution in [1.82, 2.24) is 0 Å². The van der Waals surface area contributed by atoms with Crippen LogP contribution in [0.4, 0.5) is 17.1 Å². The van der Waals surface area contributed by atoms with Crippen molar-refractivity contribution in [3.8, 4) is 11.1 Å². The molecule has 3 aromatic rings. The minimum Gasteiger partial charge on any atom is -0.399 e. The molecule has 13 heteroatoms. The van der Waals surface area contributed by atoms with E-state index < -0.39 is 69.7 Å². The molecule has 0 fully saturated rings. The van der Waals surface area contributed by atoms with E-state index in [0.717, 1.165) is 6.07 Å². The van der Waals surface area contributed by atoms with Crippen LogP contribution >= 0.6 is 0 Å². The lowest BCUT2D eigenvalue weighted by atomic mass is 9.78. The maximum atomic E-state index is 13.5. The molecule has 0 aliphatic heterocycles. The Hall–Kier alpha value is -3.78. The summed E-state index contributed by atoms with van der Waals surface area (Å²) in [5, 5.41) is 0. The van der Waals surface area contributed by atoms with Gasteiger partial charge < -0.3 is 17.2 Å². The Morgan fingerprint density at radius 1 is 0.706 bits per heavy atom. The van der Waals surface area contributed by atoms with Crippen LogP contribution in [0.2, 0.25) is 0 Å². The number of nitrogens with two attached hydrogens (primary N) is 3. The molecule has 0 heterocycles. The van der Waals surface area contributed by atoms with E-state index in [9.17, 15) is 35.5 Å². The Bertz CT molecular complexity index is 1680. The van der Waals surface area contributed by atoms with Gasteiger partial charge in [-0.25, -0.2) is 0 Å². The highest BCUT2D eigenvalue weighted by Gasteiger charge is 2.40. The summed E-state index contributed by atoms with van der Waals surface area (Å²) in [4.78, 5) is 25.0. The molecule has 1 aliphatic carbocycles. The molecule has 0 aromatic heterocycles. The maximum absolute atomic E-state index is 13.5. The zero-order valence-corrected chi connectivity index (χ0v) is 19.0. The van der Waals surface area contributed by atoms with Crippen LogP contribution in [-0.2, 0) is 20.2 Å².